The molecule has 3 rings (SSSR count). The summed E-state index contributed by atoms with van der Waals surface area (Å²) in [5.41, 5.74) is 0. The van der Waals surface area contributed by atoms with E-state index >= 15 is 0 Å². The van der Waals surface area contributed by atoms with Crippen molar-refractivity contribution in [3.05, 3.63) is 30.3 Å². The van der Waals surface area contributed by atoms with Crippen molar-refractivity contribution in [1.82, 2.24) is 9.80 Å². The van der Waals surface area contributed by atoms with Crippen LogP contribution in [0.4, 0.5) is 0 Å². The highest BCUT2D eigenvalue weighted by Gasteiger charge is 2.29. The molecule has 142 valence electrons. The molecular weight excluding hydrogens is 355 g/mol. The Kier molecular flexibility index (Phi) is 6.46. The highest BCUT2D eigenvalue weighted by molar-refractivity contribution is 7.62. The zero-order chi connectivity index (χ0) is 18.4. The van der Waals surface area contributed by atoms with Gasteiger partial charge in [-0.2, -0.15) is 0 Å². The van der Waals surface area contributed by atoms with Gasteiger partial charge in [-0.25, -0.2) is 0 Å². The monoisotopic (exact) mass is 380 g/mol. The van der Waals surface area contributed by atoms with Gasteiger partial charge in [0.2, 0.25) is 11.8 Å². The standard InChI is InChI=1S/C18H25N2O5P/c21-17-8-4-10-19(17)12-14-24-26(23,16-6-2-1-3-7-16)25-15-13-20-11-5-9-18(20)22/h1-3,6-7H,4-5,8-15H2. The third-order valence-electron chi connectivity index (χ3n) is 4.66. The van der Waals surface area contributed by atoms with E-state index in [2.05, 4.69) is 0 Å². The molecule has 1 aromatic rings. The second kappa shape index (κ2) is 8.80. The maximum absolute atomic E-state index is 13.3. The molecule has 0 aromatic heterocycles. The number of carbonyl (C=O) groups is 2. The molecule has 2 heterocycles. The van der Waals surface area contributed by atoms with Crippen LogP contribution in [0.3, 0.4) is 0 Å². The molecule has 0 spiro atoms. The first kappa shape index (κ1) is 19.1. The minimum absolute atomic E-state index is 0.108. The first-order valence-electron chi connectivity index (χ1n) is 9.09. The quantitative estimate of drug-likeness (QED) is 0.611. The zero-order valence-electron chi connectivity index (χ0n) is 14.8. The number of rotatable bonds is 9. The lowest BCUT2D eigenvalue weighted by atomic mass is 10.4. The van der Waals surface area contributed by atoms with Gasteiger partial charge in [0.05, 0.1) is 18.5 Å². The van der Waals surface area contributed by atoms with Crippen LogP contribution in [-0.2, 0) is 23.2 Å². The molecule has 0 N–H and O–H groups in total. The summed E-state index contributed by atoms with van der Waals surface area (Å²) in [6.07, 6.45) is 2.85. The second-order valence-electron chi connectivity index (χ2n) is 6.47. The van der Waals surface area contributed by atoms with Crippen LogP contribution in [0.15, 0.2) is 30.3 Å². The van der Waals surface area contributed by atoms with Crippen LogP contribution in [0.25, 0.3) is 0 Å². The normalized spacial score (nSPS) is 18.2. The minimum Gasteiger partial charge on any atom is -0.340 e. The van der Waals surface area contributed by atoms with Crippen molar-refractivity contribution in [3.63, 3.8) is 0 Å². The molecule has 2 amide bonds. The van der Waals surface area contributed by atoms with Gasteiger partial charge in [0, 0.05) is 39.0 Å². The largest absolute Gasteiger partial charge is 0.361 e. The van der Waals surface area contributed by atoms with Gasteiger partial charge in [-0.05, 0) is 25.0 Å². The lowest BCUT2D eigenvalue weighted by Gasteiger charge is -2.22. The van der Waals surface area contributed by atoms with E-state index in [1.165, 1.54) is 0 Å². The van der Waals surface area contributed by atoms with E-state index in [-0.39, 0.29) is 25.0 Å². The first-order chi connectivity index (χ1) is 12.6. The van der Waals surface area contributed by atoms with E-state index in [0.717, 1.165) is 25.9 Å². The Balaban J connectivity index is 1.57. The molecule has 0 atom stereocenters. The van der Waals surface area contributed by atoms with Crippen LogP contribution in [-0.4, -0.2) is 61.0 Å². The van der Waals surface area contributed by atoms with Crippen LogP contribution in [0.5, 0.6) is 0 Å². The Morgan fingerprint density at radius 3 is 1.77 bits per heavy atom. The van der Waals surface area contributed by atoms with E-state index in [9.17, 15) is 14.2 Å². The van der Waals surface area contributed by atoms with Crippen molar-refractivity contribution in [2.45, 2.75) is 25.7 Å². The molecule has 2 aliphatic rings. The third-order valence-corrected chi connectivity index (χ3v) is 6.64. The SMILES string of the molecule is O=C1CCCN1CCOP(=O)(OCCN1CCCC1=O)c1ccccc1. The number of likely N-dealkylation sites (tertiary alicyclic amines) is 2. The van der Waals surface area contributed by atoms with Gasteiger partial charge >= 0.3 is 7.60 Å². The number of benzene rings is 1. The number of hydrogen-bond donors (Lipinski definition) is 0. The molecule has 26 heavy (non-hydrogen) atoms. The molecular formula is C18H25N2O5P. The van der Waals surface area contributed by atoms with E-state index < -0.39 is 7.60 Å². The summed E-state index contributed by atoms with van der Waals surface area (Å²) in [7, 11) is -3.50. The number of hydrogen-bond acceptors (Lipinski definition) is 5. The average molecular weight is 380 g/mol. The molecule has 0 bridgehead atoms. The van der Waals surface area contributed by atoms with Crippen molar-refractivity contribution in [2.24, 2.45) is 0 Å². The van der Waals surface area contributed by atoms with Gasteiger partial charge < -0.3 is 18.8 Å². The van der Waals surface area contributed by atoms with E-state index in [1.807, 2.05) is 6.07 Å². The fourth-order valence-electron chi connectivity index (χ4n) is 3.22. The van der Waals surface area contributed by atoms with E-state index in [0.29, 0.717) is 31.2 Å². The van der Waals surface area contributed by atoms with Crippen molar-refractivity contribution in [1.29, 1.82) is 0 Å². The summed E-state index contributed by atoms with van der Waals surface area (Å²) < 4.78 is 24.6. The Morgan fingerprint density at radius 2 is 1.35 bits per heavy atom. The van der Waals surface area contributed by atoms with Crippen LogP contribution in [0.1, 0.15) is 25.7 Å². The molecule has 0 unspecified atom stereocenters. The second-order valence-corrected chi connectivity index (χ2v) is 8.50. The molecule has 7 nitrogen and oxygen atoms in total. The fourth-order valence-corrected chi connectivity index (χ4v) is 4.77. The van der Waals surface area contributed by atoms with Crippen molar-refractivity contribution >= 4 is 24.7 Å². The van der Waals surface area contributed by atoms with Crippen LogP contribution in [0.2, 0.25) is 0 Å². The van der Waals surface area contributed by atoms with Crippen LogP contribution < -0.4 is 5.30 Å². The Morgan fingerprint density at radius 1 is 0.846 bits per heavy atom. The Bertz CT molecular complexity index is 645. The number of amides is 2. The fraction of sp³-hybridized carbons (Fsp3) is 0.556. The Labute approximate surface area is 153 Å². The van der Waals surface area contributed by atoms with Crippen molar-refractivity contribution in [3.8, 4) is 0 Å². The average Bonchev–Trinajstić information content (AvgIpc) is 3.24. The van der Waals surface area contributed by atoms with Crippen LogP contribution >= 0.6 is 7.60 Å². The van der Waals surface area contributed by atoms with Gasteiger partial charge in [-0.15, -0.1) is 0 Å². The molecule has 2 aliphatic heterocycles. The van der Waals surface area contributed by atoms with Crippen molar-refractivity contribution in [2.75, 3.05) is 39.4 Å². The smallest absolute Gasteiger partial charge is 0.340 e. The zero-order valence-corrected chi connectivity index (χ0v) is 15.7. The predicted octanol–water partition coefficient (Wildman–Crippen LogP) is 1.78. The molecule has 8 heteroatoms. The maximum Gasteiger partial charge on any atom is 0.361 e. The molecule has 0 saturated carbocycles. The summed E-state index contributed by atoms with van der Waals surface area (Å²) in [6, 6.07) is 8.82. The number of carbonyl (C=O) groups excluding carboxylic acids is 2. The molecule has 2 saturated heterocycles. The lowest BCUT2D eigenvalue weighted by Crippen LogP contribution is -2.30. The highest BCUT2D eigenvalue weighted by Crippen LogP contribution is 2.46. The third kappa shape index (κ3) is 4.72. The minimum atomic E-state index is -3.50. The molecule has 1 aromatic carbocycles. The van der Waals surface area contributed by atoms with Gasteiger partial charge in [0.15, 0.2) is 0 Å². The summed E-state index contributed by atoms with van der Waals surface area (Å²) in [5, 5.41) is 0.487. The lowest BCUT2D eigenvalue weighted by molar-refractivity contribution is -0.128. The van der Waals surface area contributed by atoms with E-state index in [4.69, 9.17) is 9.05 Å². The summed E-state index contributed by atoms with van der Waals surface area (Å²) in [4.78, 5) is 26.8. The van der Waals surface area contributed by atoms with Gasteiger partial charge in [-0.3, -0.25) is 14.2 Å². The first-order valence-corrected chi connectivity index (χ1v) is 10.6. The number of nitrogens with zero attached hydrogens (tertiary/aromatic N) is 2. The van der Waals surface area contributed by atoms with Gasteiger partial charge in [-0.1, -0.05) is 18.2 Å². The Hall–Kier alpha value is -1.69. The predicted molar refractivity (Wildman–Crippen MR) is 97.2 cm³/mol. The summed E-state index contributed by atoms with van der Waals surface area (Å²) in [5.74, 6) is 0.216. The van der Waals surface area contributed by atoms with Crippen molar-refractivity contribution < 1.29 is 23.2 Å². The van der Waals surface area contributed by atoms with Crippen LogP contribution in [0, 0.1) is 0 Å². The summed E-state index contributed by atoms with van der Waals surface area (Å²) >= 11 is 0. The van der Waals surface area contributed by atoms with E-state index in [1.54, 1.807) is 34.1 Å². The van der Waals surface area contributed by atoms with Gasteiger partial charge in [0.25, 0.3) is 0 Å². The highest BCUT2D eigenvalue weighted by atomic mass is 31.2. The summed E-state index contributed by atoms with van der Waals surface area (Å²) in [6.45, 7) is 2.56. The topological polar surface area (TPSA) is 76.2 Å². The van der Waals surface area contributed by atoms with Gasteiger partial charge in [0.1, 0.15) is 0 Å². The molecule has 0 radical (unpaired) electrons. The molecule has 2 fully saturated rings. The molecule has 0 aliphatic carbocycles. The maximum atomic E-state index is 13.3.